The highest BCUT2D eigenvalue weighted by molar-refractivity contribution is 5.48. The molecule has 6 heteroatoms. The summed E-state index contributed by atoms with van der Waals surface area (Å²) in [6.07, 6.45) is -2.17. The van der Waals surface area contributed by atoms with E-state index in [1.54, 1.807) is 0 Å². The number of hydrogen-bond acceptors (Lipinski definition) is 3. The maximum atomic E-state index is 12.5. The molecule has 1 aromatic heterocycles. The summed E-state index contributed by atoms with van der Waals surface area (Å²) in [6.45, 7) is 1.94. The lowest BCUT2D eigenvalue weighted by Crippen LogP contribution is -2.19. The third-order valence-electron chi connectivity index (χ3n) is 2.88. The largest absolute Gasteiger partial charge is 0.416 e. The number of hydrogen-bond donors (Lipinski definition) is 2. The smallest absolute Gasteiger partial charge is 0.384 e. The molecule has 0 aliphatic heterocycles. The van der Waals surface area contributed by atoms with Gasteiger partial charge in [-0.25, -0.2) is 4.98 Å². The van der Waals surface area contributed by atoms with Crippen molar-refractivity contribution >= 4 is 11.6 Å². The number of halogens is 3. The summed E-state index contributed by atoms with van der Waals surface area (Å²) in [4.78, 5) is 3.86. The molecule has 94 valence electrons. The lowest BCUT2D eigenvalue weighted by Gasteiger charge is -2.15. The minimum Gasteiger partial charge on any atom is -0.384 e. The van der Waals surface area contributed by atoms with Crippen LogP contribution in [0, 0.1) is 5.92 Å². The summed E-state index contributed by atoms with van der Waals surface area (Å²) in [5.41, 5.74) is 4.60. The Balaban J connectivity index is 2.19. The van der Waals surface area contributed by atoms with Crippen molar-refractivity contribution in [2.45, 2.75) is 32.0 Å². The van der Waals surface area contributed by atoms with Crippen molar-refractivity contribution in [3.05, 3.63) is 17.7 Å². The first-order chi connectivity index (χ1) is 7.86. The Morgan fingerprint density at radius 2 is 2.06 bits per heavy atom. The van der Waals surface area contributed by atoms with Gasteiger partial charge in [-0.2, -0.15) is 13.2 Å². The average Bonchev–Trinajstić information content (AvgIpc) is 2.97. The fourth-order valence-electron chi connectivity index (χ4n) is 1.74. The van der Waals surface area contributed by atoms with E-state index in [1.165, 1.54) is 0 Å². The Morgan fingerprint density at radius 1 is 1.41 bits per heavy atom. The van der Waals surface area contributed by atoms with Crippen LogP contribution >= 0.6 is 0 Å². The molecule has 0 bridgehead atoms. The molecule has 0 saturated heterocycles. The highest BCUT2D eigenvalue weighted by Gasteiger charge is 2.32. The van der Waals surface area contributed by atoms with Gasteiger partial charge in [0.2, 0.25) is 0 Å². The second kappa shape index (κ2) is 4.09. The summed E-state index contributed by atoms with van der Waals surface area (Å²) in [7, 11) is 0. The van der Waals surface area contributed by atoms with Crippen molar-refractivity contribution in [3.63, 3.8) is 0 Å². The zero-order valence-electron chi connectivity index (χ0n) is 9.38. The first-order valence-electron chi connectivity index (χ1n) is 5.47. The second-order valence-electron chi connectivity index (χ2n) is 4.43. The van der Waals surface area contributed by atoms with Gasteiger partial charge in [-0.1, -0.05) is 0 Å². The van der Waals surface area contributed by atoms with E-state index in [-0.39, 0.29) is 17.7 Å². The Hall–Kier alpha value is -1.46. The quantitative estimate of drug-likeness (QED) is 0.860. The molecule has 1 unspecified atom stereocenters. The van der Waals surface area contributed by atoms with Gasteiger partial charge in [0.25, 0.3) is 0 Å². The molecule has 1 saturated carbocycles. The van der Waals surface area contributed by atoms with Crippen molar-refractivity contribution in [3.8, 4) is 0 Å². The second-order valence-corrected chi connectivity index (χ2v) is 4.43. The van der Waals surface area contributed by atoms with Crippen LogP contribution in [0.5, 0.6) is 0 Å². The SMILES string of the molecule is CC(Nc1cc(C(F)(F)F)cc(N)n1)C1CC1. The highest BCUT2D eigenvalue weighted by Crippen LogP contribution is 2.35. The van der Waals surface area contributed by atoms with Crippen LogP contribution < -0.4 is 11.1 Å². The summed E-state index contributed by atoms with van der Waals surface area (Å²) >= 11 is 0. The van der Waals surface area contributed by atoms with Crippen LogP contribution in [0.25, 0.3) is 0 Å². The van der Waals surface area contributed by atoms with E-state index in [1.807, 2.05) is 6.92 Å². The lowest BCUT2D eigenvalue weighted by molar-refractivity contribution is -0.137. The van der Waals surface area contributed by atoms with Gasteiger partial charge in [-0.3, -0.25) is 0 Å². The number of aromatic nitrogens is 1. The van der Waals surface area contributed by atoms with Crippen LogP contribution in [0.2, 0.25) is 0 Å². The van der Waals surface area contributed by atoms with Gasteiger partial charge in [-0.15, -0.1) is 0 Å². The molecule has 0 amide bonds. The van der Waals surface area contributed by atoms with Crippen molar-refractivity contribution < 1.29 is 13.2 Å². The lowest BCUT2D eigenvalue weighted by atomic mass is 10.2. The Kier molecular flexibility index (Phi) is 2.89. The van der Waals surface area contributed by atoms with E-state index >= 15 is 0 Å². The third-order valence-corrected chi connectivity index (χ3v) is 2.88. The van der Waals surface area contributed by atoms with E-state index in [9.17, 15) is 13.2 Å². The number of nitrogens with zero attached hydrogens (tertiary/aromatic N) is 1. The van der Waals surface area contributed by atoms with Crippen LogP contribution in [-0.2, 0) is 6.18 Å². The van der Waals surface area contributed by atoms with E-state index in [0.29, 0.717) is 5.92 Å². The van der Waals surface area contributed by atoms with Crippen LogP contribution in [0.4, 0.5) is 24.8 Å². The molecular formula is C11H14F3N3. The van der Waals surface area contributed by atoms with Crippen LogP contribution in [0.1, 0.15) is 25.3 Å². The minimum atomic E-state index is -4.39. The summed E-state index contributed by atoms with van der Waals surface area (Å²) in [5, 5.41) is 2.97. The predicted molar refractivity (Wildman–Crippen MR) is 59.5 cm³/mol. The highest BCUT2D eigenvalue weighted by atomic mass is 19.4. The summed E-state index contributed by atoms with van der Waals surface area (Å²) in [5.74, 6) is 0.606. The molecule has 2 rings (SSSR count). The number of pyridine rings is 1. The van der Waals surface area contributed by atoms with Crippen molar-refractivity contribution in [2.24, 2.45) is 5.92 Å². The van der Waals surface area contributed by atoms with Gasteiger partial charge in [0, 0.05) is 6.04 Å². The van der Waals surface area contributed by atoms with Gasteiger partial charge in [0.05, 0.1) is 5.56 Å². The molecule has 1 heterocycles. The van der Waals surface area contributed by atoms with E-state index in [0.717, 1.165) is 25.0 Å². The molecule has 3 nitrogen and oxygen atoms in total. The van der Waals surface area contributed by atoms with Gasteiger partial charge < -0.3 is 11.1 Å². The van der Waals surface area contributed by atoms with E-state index in [4.69, 9.17) is 5.73 Å². The first-order valence-corrected chi connectivity index (χ1v) is 5.47. The molecule has 1 aliphatic rings. The van der Waals surface area contributed by atoms with Crippen molar-refractivity contribution in [1.29, 1.82) is 0 Å². The van der Waals surface area contributed by atoms with Crippen LogP contribution in [0.15, 0.2) is 12.1 Å². The number of rotatable bonds is 3. The zero-order valence-corrected chi connectivity index (χ0v) is 9.38. The number of anilines is 2. The topological polar surface area (TPSA) is 50.9 Å². The molecule has 0 aromatic carbocycles. The van der Waals surface area contributed by atoms with Gasteiger partial charge in [0.1, 0.15) is 11.6 Å². The molecule has 0 spiro atoms. The van der Waals surface area contributed by atoms with Crippen molar-refractivity contribution in [2.75, 3.05) is 11.1 Å². The molecular weight excluding hydrogens is 231 g/mol. The standard InChI is InChI=1S/C11H14F3N3/c1-6(7-2-3-7)16-10-5-8(11(12,13)14)4-9(15)17-10/h4-7H,2-3H2,1H3,(H3,15,16,17). The minimum absolute atomic E-state index is 0.120. The monoisotopic (exact) mass is 245 g/mol. The Morgan fingerprint density at radius 3 is 2.59 bits per heavy atom. The third kappa shape index (κ3) is 3.01. The molecule has 17 heavy (non-hydrogen) atoms. The molecule has 3 N–H and O–H groups in total. The maximum Gasteiger partial charge on any atom is 0.416 e. The number of nitrogens with one attached hydrogen (secondary N) is 1. The van der Waals surface area contributed by atoms with Gasteiger partial charge in [-0.05, 0) is 37.8 Å². The fraction of sp³-hybridized carbons (Fsp3) is 0.545. The van der Waals surface area contributed by atoms with Crippen LogP contribution in [-0.4, -0.2) is 11.0 Å². The van der Waals surface area contributed by atoms with Gasteiger partial charge >= 0.3 is 6.18 Å². The normalized spacial score (nSPS) is 17.9. The Bertz CT molecular complexity index is 413. The average molecular weight is 245 g/mol. The van der Waals surface area contributed by atoms with E-state index in [2.05, 4.69) is 10.3 Å². The number of nitrogens with two attached hydrogens (primary N) is 1. The molecule has 1 aromatic rings. The molecule has 1 fully saturated rings. The van der Waals surface area contributed by atoms with Crippen molar-refractivity contribution in [1.82, 2.24) is 4.98 Å². The number of nitrogen functional groups attached to an aromatic ring is 1. The summed E-state index contributed by atoms with van der Waals surface area (Å²) < 4.78 is 37.6. The maximum absolute atomic E-state index is 12.5. The first kappa shape index (κ1) is 12.0. The predicted octanol–water partition coefficient (Wildman–Crippen LogP) is 2.89. The Labute approximate surface area is 97.2 Å². The zero-order chi connectivity index (χ0) is 12.6. The molecule has 0 radical (unpaired) electrons. The molecule has 1 atom stereocenters. The molecule has 1 aliphatic carbocycles. The van der Waals surface area contributed by atoms with Gasteiger partial charge in [0.15, 0.2) is 0 Å². The fourth-order valence-corrected chi connectivity index (χ4v) is 1.74. The van der Waals surface area contributed by atoms with E-state index < -0.39 is 11.7 Å². The summed E-state index contributed by atoms with van der Waals surface area (Å²) in [6, 6.07) is 1.97. The number of alkyl halides is 3. The van der Waals surface area contributed by atoms with Crippen LogP contribution in [0.3, 0.4) is 0 Å².